The van der Waals surface area contributed by atoms with E-state index < -0.39 is 0 Å². The van der Waals surface area contributed by atoms with Gasteiger partial charge in [-0.2, -0.15) is 0 Å². The second kappa shape index (κ2) is 8.58. The summed E-state index contributed by atoms with van der Waals surface area (Å²) in [5.41, 5.74) is 3.02. The summed E-state index contributed by atoms with van der Waals surface area (Å²) < 4.78 is 5.15. The quantitative estimate of drug-likeness (QED) is 0.595. The van der Waals surface area contributed by atoms with E-state index in [1.807, 2.05) is 48.5 Å². The topological polar surface area (TPSA) is 79.0 Å². The van der Waals surface area contributed by atoms with E-state index in [-0.39, 0.29) is 18.0 Å². The Hall–Kier alpha value is -3.02. The highest BCUT2D eigenvalue weighted by Gasteiger charge is 2.21. The minimum Gasteiger partial charge on any atom is -0.497 e. The van der Waals surface area contributed by atoms with E-state index in [9.17, 15) is 4.79 Å². The molecule has 1 heterocycles. The summed E-state index contributed by atoms with van der Waals surface area (Å²) in [7, 11) is 1.65. The molecule has 3 rings (SSSR count). The van der Waals surface area contributed by atoms with Gasteiger partial charge < -0.3 is 20.4 Å². The van der Waals surface area contributed by atoms with Gasteiger partial charge in [-0.15, -0.1) is 0 Å². The first kappa shape index (κ1) is 18.8. The average molecular weight is 366 g/mol. The fraction of sp³-hybridized carbons (Fsp3) is 0.333. The number of nitrogens with zero attached hydrogens (tertiary/aromatic N) is 1. The van der Waals surface area contributed by atoms with E-state index in [0.29, 0.717) is 6.54 Å². The van der Waals surface area contributed by atoms with Crippen molar-refractivity contribution >= 4 is 17.1 Å². The van der Waals surface area contributed by atoms with Crippen molar-refractivity contribution in [2.75, 3.05) is 13.7 Å². The standard InChI is InChI=1S/C21H26N4O2/c1-14(2)19(20-23-17-6-4-5-7-18(17)24-20)25-21(26)22-13-12-15-8-10-16(27-3)11-9-15/h4-11,14,19H,12-13H2,1-3H3,(H,23,24)(H2,22,25,26). The third kappa shape index (κ3) is 4.78. The summed E-state index contributed by atoms with van der Waals surface area (Å²) in [5, 5.41) is 5.96. The molecule has 0 radical (unpaired) electrons. The van der Waals surface area contributed by atoms with E-state index in [0.717, 1.165) is 34.6 Å². The number of aromatic amines is 1. The van der Waals surface area contributed by atoms with Crippen LogP contribution in [-0.4, -0.2) is 29.7 Å². The molecule has 6 nitrogen and oxygen atoms in total. The number of amides is 2. The molecular weight excluding hydrogens is 340 g/mol. The highest BCUT2D eigenvalue weighted by molar-refractivity contribution is 5.76. The van der Waals surface area contributed by atoms with Crippen molar-refractivity contribution in [1.82, 2.24) is 20.6 Å². The van der Waals surface area contributed by atoms with Crippen LogP contribution in [0.1, 0.15) is 31.3 Å². The maximum absolute atomic E-state index is 12.4. The molecule has 0 fully saturated rings. The van der Waals surface area contributed by atoms with Crippen LogP contribution in [0.5, 0.6) is 5.75 Å². The van der Waals surface area contributed by atoms with Gasteiger partial charge in [-0.3, -0.25) is 0 Å². The van der Waals surface area contributed by atoms with Gasteiger partial charge >= 0.3 is 6.03 Å². The fourth-order valence-corrected chi connectivity index (χ4v) is 2.98. The smallest absolute Gasteiger partial charge is 0.315 e. The molecule has 6 heteroatoms. The molecule has 0 saturated heterocycles. The first-order chi connectivity index (χ1) is 13.1. The Labute approximate surface area is 159 Å². The van der Waals surface area contributed by atoms with Gasteiger partial charge in [0.15, 0.2) is 0 Å². The van der Waals surface area contributed by atoms with E-state index in [1.54, 1.807) is 7.11 Å². The number of carbonyl (C=O) groups is 1. The minimum absolute atomic E-state index is 0.182. The number of H-pyrrole nitrogens is 1. The Morgan fingerprint density at radius 1 is 1.15 bits per heavy atom. The molecule has 0 aliphatic heterocycles. The summed E-state index contributed by atoms with van der Waals surface area (Å²) >= 11 is 0. The van der Waals surface area contributed by atoms with Crippen LogP contribution in [0.15, 0.2) is 48.5 Å². The van der Waals surface area contributed by atoms with Crippen LogP contribution < -0.4 is 15.4 Å². The fourth-order valence-electron chi connectivity index (χ4n) is 2.98. The zero-order valence-electron chi connectivity index (χ0n) is 16.0. The summed E-state index contributed by atoms with van der Waals surface area (Å²) in [6.07, 6.45) is 0.758. The molecule has 0 spiro atoms. The van der Waals surface area contributed by atoms with Gasteiger partial charge in [0.05, 0.1) is 24.2 Å². The number of aromatic nitrogens is 2. The monoisotopic (exact) mass is 366 g/mol. The second-order valence-corrected chi connectivity index (χ2v) is 6.86. The lowest BCUT2D eigenvalue weighted by atomic mass is 10.0. The highest BCUT2D eigenvalue weighted by atomic mass is 16.5. The first-order valence-electron chi connectivity index (χ1n) is 9.18. The van der Waals surface area contributed by atoms with Crippen molar-refractivity contribution in [3.8, 4) is 5.75 Å². The lowest BCUT2D eigenvalue weighted by Gasteiger charge is -2.20. The third-order valence-corrected chi connectivity index (χ3v) is 4.51. The number of nitrogens with one attached hydrogen (secondary N) is 3. The third-order valence-electron chi connectivity index (χ3n) is 4.51. The average Bonchev–Trinajstić information content (AvgIpc) is 3.10. The number of rotatable bonds is 7. The van der Waals surface area contributed by atoms with Gasteiger partial charge in [0.25, 0.3) is 0 Å². The Balaban J connectivity index is 1.56. The Morgan fingerprint density at radius 2 is 1.89 bits per heavy atom. The number of urea groups is 1. The summed E-state index contributed by atoms with van der Waals surface area (Å²) in [6, 6.07) is 15.3. The molecule has 0 bridgehead atoms. The molecule has 0 saturated carbocycles. The van der Waals surface area contributed by atoms with Crippen molar-refractivity contribution in [3.05, 3.63) is 59.9 Å². The van der Waals surface area contributed by atoms with Gasteiger partial charge in [0.2, 0.25) is 0 Å². The van der Waals surface area contributed by atoms with Gasteiger partial charge in [-0.1, -0.05) is 38.1 Å². The lowest BCUT2D eigenvalue weighted by molar-refractivity contribution is 0.232. The van der Waals surface area contributed by atoms with E-state index in [4.69, 9.17) is 4.74 Å². The summed E-state index contributed by atoms with van der Waals surface area (Å²) in [5.74, 6) is 1.81. The predicted molar refractivity (Wildman–Crippen MR) is 107 cm³/mol. The van der Waals surface area contributed by atoms with Crippen LogP contribution in [0.25, 0.3) is 11.0 Å². The SMILES string of the molecule is COc1ccc(CCNC(=O)NC(c2nc3ccccc3[nH]2)C(C)C)cc1. The van der Waals surface area contributed by atoms with Crippen LogP contribution in [0.3, 0.4) is 0 Å². The maximum Gasteiger partial charge on any atom is 0.315 e. The van der Waals surface area contributed by atoms with Crippen molar-refractivity contribution < 1.29 is 9.53 Å². The maximum atomic E-state index is 12.4. The van der Waals surface area contributed by atoms with Crippen LogP contribution in [0.4, 0.5) is 4.79 Å². The molecule has 2 aromatic carbocycles. The van der Waals surface area contributed by atoms with Crippen LogP contribution in [0, 0.1) is 5.92 Å². The number of fused-ring (bicyclic) bond motifs is 1. The molecule has 3 N–H and O–H groups in total. The van der Waals surface area contributed by atoms with Crippen LogP contribution in [0.2, 0.25) is 0 Å². The number of benzene rings is 2. The molecule has 1 unspecified atom stereocenters. The number of imidazole rings is 1. The predicted octanol–water partition coefficient (Wildman–Crippen LogP) is 3.81. The Morgan fingerprint density at radius 3 is 2.56 bits per heavy atom. The van der Waals surface area contributed by atoms with Crippen LogP contribution >= 0.6 is 0 Å². The van der Waals surface area contributed by atoms with E-state index in [2.05, 4.69) is 34.4 Å². The molecule has 1 aromatic heterocycles. The highest BCUT2D eigenvalue weighted by Crippen LogP contribution is 2.22. The van der Waals surface area contributed by atoms with E-state index >= 15 is 0 Å². The molecule has 1 atom stereocenters. The van der Waals surface area contributed by atoms with Crippen molar-refractivity contribution in [2.24, 2.45) is 5.92 Å². The van der Waals surface area contributed by atoms with Gasteiger partial charge in [-0.05, 0) is 42.2 Å². The van der Waals surface area contributed by atoms with Gasteiger partial charge in [0, 0.05) is 6.54 Å². The largest absolute Gasteiger partial charge is 0.497 e. The molecule has 0 aliphatic rings. The normalized spacial score (nSPS) is 12.1. The number of hydrogen-bond acceptors (Lipinski definition) is 3. The molecule has 3 aromatic rings. The number of hydrogen-bond donors (Lipinski definition) is 3. The Bertz CT molecular complexity index is 854. The molecule has 142 valence electrons. The van der Waals surface area contributed by atoms with Crippen molar-refractivity contribution in [2.45, 2.75) is 26.3 Å². The van der Waals surface area contributed by atoms with Gasteiger partial charge in [-0.25, -0.2) is 9.78 Å². The Kier molecular flexibility index (Phi) is 5.96. The van der Waals surface area contributed by atoms with E-state index in [1.165, 1.54) is 0 Å². The summed E-state index contributed by atoms with van der Waals surface area (Å²) in [4.78, 5) is 20.3. The number of carbonyl (C=O) groups excluding carboxylic acids is 1. The minimum atomic E-state index is -0.192. The lowest BCUT2D eigenvalue weighted by Crippen LogP contribution is -2.40. The number of para-hydroxylation sites is 2. The summed E-state index contributed by atoms with van der Waals surface area (Å²) in [6.45, 7) is 4.69. The number of ether oxygens (including phenoxy) is 1. The zero-order chi connectivity index (χ0) is 19.2. The zero-order valence-corrected chi connectivity index (χ0v) is 16.0. The first-order valence-corrected chi connectivity index (χ1v) is 9.18. The van der Waals surface area contributed by atoms with Crippen LogP contribution in [-0.2, 0) is 6.42 Å². The van der Waals surface area contributed by atoms with Crippen molar-refractivity contribution in [1.29, 1.82) is 0 Å². The molecule has 27 heavy (non-hydrogen) atoms. The molecular formula is C21H26N4O2. The molecule has 2 amide bonds. The van der Waals surface area contributed by atoms with Gasteiger partial charge in [0.1, 0.15) is 11.6 Å². The second-order valence-electron chi connectivity index (χ2n) is 6.86. The number of methoxy groups -OCH3 is 1. The molecule has 0 aliphatic carbocycles. The van der Waals surface area contributed by atoms with Crippen molar-refractivity contribution in [3.63, 3.8) is 0 Å².